The van der Waals surface area contributed by atoms with Crippen LogP contribution in [0.15, 0.2) is 109 Å². The lowest BCUT2D eigenvalue weighted by atomic mass is 10.0. The molecule has 0 bridgehead atoms. The van der Waals surface area contributed by atoms with E-state index in [1.54, 1.807) is 0 Å². The fourth-order valence-electron chi connectivity index (χ4n) is 4.13. The van der Waals surface area contributed by atoms with Gasteiger partial charge in [0, 0.05) is 17.1 Å². The number of nitrogens with zero attached hydrogens (tertiary/aromatic N) is 1. The molecule has 140 valence electrons. The Morgan fingerprint density at radius 3 is 1.72 bits per heavy atom. The lowest BCUT2D eigenvalue weighted by Crippen LogP contribution is -2.09. The highest BCUT2D eigenvalue weighted by Crippen LogP contribution is 2.36. The summed E-state index contributed by atoms with van der Waals surface area (Å²) in [6.07, 6.45) is 4.61. The van der Waals surface area contributed by atoms with Gasteiger partial charge in [0.2, 0.25) is 0 Å². The second-order valence-electron chi connectivity index (χ2n) is 7.42. The molecule has 0 unspecified atom stereocenters. The Hall–Kier alpha value is -3.58. The SMILES string of the molecule is C(=C1CCc2ccccc21)c1ccc(N(c2ccccc2)c2ccccc2)cc1. The van der Waals surface area contributed by atoms with Crippen molar-refractivity contribution >= 4 is 28.7 Å². The van der Waals surface area contributed by atoms with E-state index in [0.717, 1.165) is 29.9 Å². The third-order valence-corrected chi connectivity index (χ3v) is 5.55. The highest BCUT2D eigenvalue weighted by Gasteiger charge is 2.15. The topological polar surface area (TPSA) is 3.24 Å². The van der Waals surface area contributed by atoms with E-state index in [4.69, 9.17) is 0 Å². The highest BCUT2D eigenvalue weighted by atomic mass is 15.1. The van der Waals surface area contributed by atoms with Crippen LogP contribution in [-0.2, 0) is 6.42 Å². The number of para-hydroxylation sites is 2. The fraction of sp³-hybridized carbons (Fsp3) is 0.0714. The van der Waals surface area contributed by atoms with Crippen molar-refractivity contribution < 1.29 is 0 Å². The van der Waals surface area contributed by atoms with Crippen molar-refractivity contribution in [2.45, 2.75) is 12.8 Å². The summed E-state index contributed by atoms with van der Waals surface area (Å²) in [6, 6.07) is 38.7. The first kappa shape index (κ1) is 17.5. The van der Waals surface area contributed by atoms with Crippen LogP contribution < -0.4 is 4.90 Å². The molecule has 5 rings (SSSR count). The van der Waals surface area contributed by atoms with Gasteiger partial charge in [-0.3, -0.25) is 0 Å². The van der Waals surface area contributed by atoms with Crippen molar-refractivity contribution in [1.82, 2.24) is 0 Å². The summed E-state index contributed by atoms with van der Waals surface area (Å²) in [5, 5.41) is 0. The number of benzene rings is 4. The molecule has 29 heavy (non-hydrogen) atoms. The van der Waals surface area contributed by atoms with Gasteiger partial charge in [0.1, 0.15) is 0 Å². The van der Waals surface area contributed by atoms with E-state index in [2.05, 4.69) is 120 Å². The predicted octanol–water partition coefficient (Wildman–Crippen LogP) is 7.64. The lowest BCUT2D eigenvalue weighted by Gasteiger charge is -2.25. The molecule has 0 radical (unpaired) electrons. The van der Waals surface area contributed by atoms with Crippen molar-refractivity contribution in [3.63, 3.8) is 0 Å². The first-order chi connectivity index (χ1) is 14.4. The van der Waals surface area contributed by atoms with Crippen LogP contribution in [0.3, 0.4) is 0 Å². The molecule has 0 aromatic heterocycles. The summed E-state index contributed by atoms with van der Waals surface area (Å²) in [7, 11) is 0. The maximum absolute atomic E-state index is 2.34. The molecule has 0 fully saturated rings. The first-order valence-corrected chi connectivity index (χ1v) is 10.2. The van der Waals surface area contributed by atoms with Crippen molar-refractivity contribution in [3.8, 4) is 0 Å². The van der Waals surface area contributed by atoms with Crippen LogP contribution in [0, 0.1) is 0 Å². The smallest absolute Gasteiger partial charge is 0.0462 e. The summed E-state index contributed by atoms with van der Waals surface area (Å²) in [6.45, 7) is 0. The number of anilines is 3. The Labute approximate surface area is 172 Å². The maximum Gasteiger partial charge on any atom is 0.0462 e. The highest BCUT2D eigenvalue weighted by molar-refractivity contribution is 5.86. The van der Waals surface area contributed by atoms with Crippen LogP contribution in [0.1, 0.15) is 23.1 Å². The quantitative estimate of drug-likeness (QED) is 0.355. The van der Waals surface area contributed by atoms with Crippen LogP contribution in [0.25, 0.3) is 11.6 Å². The Balaban J connectivity index is 1.49. The Kier molecular flexibility index (Phi) is 4.72. The molecular formula is C28H23N. The minimum atomic E-state index is 1.13. The van der Waals surface area contributed by atoms with Gasteiger partial charge in [-0.25, -0.2) is 0 Å². The molecule has 1 heteroatoms. The van der Waals surface area contributed by atoms with E-state index < -0.39 is 0 Å². The number of hydrogen-bond donors (Lipinski definition) is 0. The lowest BCUT2D eigenvalue weighted by molar-refractivity contribution is 1.08. The number of aryl methyl sites for hydroxylation is 1. The van der Waals surface area contributed by atoms with E-state index >= 15 is 0 Å². The zero-order valence-electron chi connectivity index (χ0n) is 16.3. The minimum Gasteiger partial charge on any atom is -0.311 e. The summed E-state index contributed by atoms with van der Waals surface area (Å²) < 4.78 is 0. The number of allylic oxidation sites excluding steroid dienone is 1. The summed E-state index contributed by atoms with van der Waals surface area (Å²) in [5.41, 5.74) is 9.06. The Morgan fingerprint density at radius 2 is 1.07 bits per heavy atom. The number of hydrogen-bond acceptors (Lipinski definition) is 1. The second kappa shape index (κ2) is 7.81. The molecule has 4 aromatic rings. The predicted molar refractivity (Wildman–Crippen MR) is 124 cm³/mol. The molecule has 0 spiro atoms. The van der Waals surface area contributed by atoms with Gasteiger partial charge < -0.3 is 4.90 Å². The molecule has 0 saturated carbocycles. The normalized spacial score (nSPS) is 14.0. The first-order valence-electron chi connectivity index (χ1n) is 10.2. The summed E-state index contributed by atoms with van der Waals surface area (Å²) in [5.74, 6) is 0. The monoisotopic (exact) mass is 373 g/mol. The van der Waals surface area contributed by atoms with Gasteiger partial charge in [0.15, 0.2) is 0 Å². The molecule has 1 aliphatic rings. The molecule has 1 aliphatic carbocycles. The molecule has 0 aliphatic heterocycles. The zero-order valence-corrected chi connectivity index (χ0v) is 16.3. The molecule has 0 amide bonds. The summed E-state index contributed by atoms with van der Waals surface area (Å²) >= 11 is 0. The number of rotatable bonds is 4. The van der Waals surface area contributed by atoms with Crippen molar-refractivity contribution in [2.75, 3.05) is 4.90 Å². The zero-order chi connectivity index (χ0) is 19.5. The summed E-state index contributed by atoms with van der Waals surface area (Å²) in [4.78, 5) is 2.29. The molecule has 0 N–H and O–H groups in total. The van der Waals surface area contributed by atoms with Gasteiger partial charge in [-0.05, 0) is 71.5 Å². The van der Waals surface area contributed by atoms with Crippen LogP contribution in [0.2, 0.25) is 0 Å². The standard InChI is InChI=1S/C28H23N/c1-3-10-25(11-4-1)29(26-12-5-2-6-13-26)27-19-15-22(16-20-27)21-24-18-17-23-9-7-8-14-28(23)24/h1-16,19-21H,17-18H2. The van der Waals surface area contributed by atoms with Crippen LogP contribution in [0.5, 0.6) is 0 Å². The minimum absolute atomic E-state index is 1.13. The third-order valence-electron chi connectivity index (χ3n) is 5.55. The molecule has 0 heterocycles. The largest absolute Gasteiger partial charge is 0.311 e. The van der Waals surface area contributed by atoms with E-state index in [0.29, 0.717) is 0 Å². The average molecular weight is 373 g/mol. The molecule has 0 atom stereocenters. The van der Waals surface area contributed by atoms with E-state index in [1.165, 1.54) is 22.3 Å². The third kappa shape index (κ3) is 3.60. The van der Waals surface area contributed by atoms with Crippen molar-refractivity contribution in [2.24, 2.45) is 0 Å². The molecule has 1 nitrogen and oxygen atoms in total. The van der Waals surface area contributed by atoms with Gasteiger partial charge in [0.25, 0.3) is 0 Å². The molecule has 0 saturated heterocycles. The Morgan fingerprint density at radius 1 is 0.517 bits per heavy atom. The van der Waals surface area contributed by atoms with Crippen LogP contribution in [0.4, 0.5) is 17.1 Å². The second-order valence-corrected chi connectivity index (χ2v) is 7.42. The van der Waals surface area contributed by atoms with Crippen molar-refractivity contribution in [3.05, 3.63) is 126 Å². The molecule has 4 aromatic carbocycles. The van der Waals surface area contributed by atoms with Gasteiger partial charge in [0.05, 0.1) is 0 Å². The Bertz CT molecular complexity index is 1090. The van der Waals surface area contributed by atoms with E-state index in [1.807, 2.05) is 0 Å². The van der Waals surface area contributed by atoms with Gasteiger partial charge in [-0.1, -0.05) is 78.9 Å². The average Bonchev–Trinajstić information content (AvgIpc) is 3.20. The molecular weight excluding hydrogens is 350 g/mol. The van der Waals surface area contributed by atoms with Crippen LogP contribution >= 0.6 is 0 Å². The maximum atomic E-state index is 2.34. The fourth-order valence-corrected chi connectivity index (χ4v) is 4.13. The van der Waals surface area contributed by atoms with Crippen molar-refractivity contribution in [1.29, 1.82) is 0 Å². The van der Waals surface area contributed by atoms with Crippen LogP contribution in [-0.4, -0.2) is 0 Å². The van der Waals surface area contributed by atoms with E-state index in [-0.39, 0.29) is 0 Å². The van der Waals surface area contributed by atoms with Gasteiger partial charge in [-0.15, -0.1) is 0 Å². The van der Waals surface area contributed by atoms with E-state index in [9.17, 15) is 0 Å². The van der Waals surface area contributed by atoms with Gasteiger partial charge >= 0.3 is 0 Å². The number of fused-ring (bicyclic) bond motifs is 1. The van der Waals surface area contributed by atoms with Gasteiger partial charge in [-0.2, -0.15) is 0 Å².